The highest BCUT2D eigenvalue weighted by molar-refractivity contribution is 5.41. The number of aryl methyl sites for hydroxylation is 2. The lowest BCUT2D eigenvalue weighted by Crippen LogP contribution is -2.31. The molecule has 2 aromatic rings. The van der Waals surface area contributed by atoms with Gasteiger partial charge in [-0.1, -0.05) is 29.4 Å². The molecule has 3 heteroatoms. The molecule has 0 bridgehead atoms. The maximum absolute atomic E-state index is 5.27. The maximum Gasteiger partial charge on any atom is 0.139 e. The zero-order valence-corrected chi connectivity index (χ0v) is 10.2. The molecule has 17 heavy (non-hydrogen) atoms. The quantitative estimate of drug-likeness (QED) is 0.815. The van der Waals surface area contributed by atoms with Gasteiger partial charge in [-0.15, -0.1) is 0 Å². The Labute approximate surface area is 101 Å². The SMILES string of the molecule is Cc1noc(C)c1C1NCCc2ccccc21. The van der Waals surface area contributed by atoms with Gasteiger partial charge in [0.05, 0.1) is 11.7 Å². The van der Waals surface area contributed by atoms with Crippen LogP contribution in [0, 0.1) is 13.8 Å². The number of benzene rings is 1. The Morgan fingerprint density at radius 1 is 1.29 bits per heavy atom. The Kier molecular flexibility index (Phi) is 2.48. The first-order valence-electron chi connectivity index (χ1n) is 6.01. The third kappa shape index (κ3) is 1.67. The Bertz CT molecular complexity index is 525. The van der Waals surface area contributed by atoms with E-state index in [-0.39, 0.29) is 6.04 Å². The molecule has 1 aliphatic heterocycles. The van der Waals surface area contributed by atoms with Crippen LogP contribution in [0.3, 0.4) is 0 Å². The molecule has 2 heterocycles. The molecule has 1 N–H and O–H groups in total. The summed E-state index contributed by atoms with van der Waals surface area (Å²) in [6, 6.07) is 8.83. The monoisotopic (exact) mass is 228 g/mol. The van der Waals surface area contributed by atoms with Crippen LogP contribution in [0.1, 0.15) is 34.2 Å². The van der Waals surface area contributed by atoms with Gasteiger partial charge in [-0.05, 0) is 31.4 Å². The summed E-state index contributed by atoms with van der Waals surface area (Å²) in [5.74, 6) is 0.914. The second-order valence-electron chi connectivity index (χ2n) is 4.57. The number of nitrogens with zero attached hydrogens (tertiary/aromatic N) is 1. The van der Waals surface area contributed by atoms with Gasteiger partial charge in [0.1, 0.15) is 5.76 Å². The Balaban J connectivity index is 2.12. The van der Waals surface area contributed by atoms with Crippen molar-refractivity contribution in [2.75, 3.05) is 6.54 Å². The predicted molar refractivity (Wildman–Crippen MR) is 66.0 cm³/mol. The van der Waals surface area contributed by atoms with Crippen LogP contribution < -0.4 is 5.32 Å². The highest BCUT2D eigenvalue weighted by Crippen LogP contribution is 2.31. The number of hydrogen-bond donors (Lipinski definition) is 1. The molecule has 3 rings (SSSR count). The molecule has 0 saturated heterocycles. The second kappa shape index (κ2) is 4.00. The van der Waals surface area contributed by atoms with Gasteiger partial charge in [0.2, 0.25) is 0 Å². The van der Waals surface area contributed by atoms with Crippen molar-refractivity contribution in [1.29, 1.82) is 0 Å². The first-order chi connectivity index (χ1) is 8.27. The van der Waals surface area contributed by atoms with Crippen LogP contribution in [0.5, 0.6) is 0 Å². The fraction of sp³-hybridized carbons (Fsp3) is 0.357. The zero-order chi connectivity index (χ0) is 11.8. The van der Waals surface area contributed by atoms with Crippen molar-refractivity contribution in [3.63, 3.8) is 0 Å². The minimum absolute atomic E-state index is 0.228. The zero-order valence-electron chi connectivity index (χ0n) is 10.2. The molecule has 1 aliphatic rings. The van der Waals surface area contributed by atoms with Crippen LogP contribution in [-0.4, -0.2) is 11.7 Å². The van der Waals surface area contributed by atoms with E-state index in [0.29, 0.717) is 0 Å². The molecule has 88 valence electrons. The highest BCUT2D eigenvalue weighted by Gasteiger charge is 2.26. The van der Waals surface area contributed by atoms with E-state index in [1.165, 1.54) is 16.7 Å². The third-order valence-corrected chi connectivity index (χ3v) is 3.49. The number of rotatable bonds is 1. The van der Waals surface area contributed by atoms with E-state index in [2.05, 4.69) is 34.7 Å². The number of fused-ring (bicyclic) bond motifs is 1. The van der Waals surface area contributed by atoms with Crippen LogP contribution >= 0.6 is 0 Å². The minimum atomic E-state index is 0.228. The summed E-state index contributed by atoms with van der Waals surface area (Å²) < 4.78 is 5.27. The van der Waals surface area contributed by atoms with Gasteiger partial charge in [-0.3, -0.25) is 0 Å². The van der Waals surface area contributed by atoms with Gasteiger partial charge in [-0.2, -0.15) is 0 Å². The summed E-state index contributed by atoms with van der Waals surface area (Å²) >= 11 is 0. The normalized spacial score (nSPS) is 19.1. The molecule has 0 aliphatic carbocycles. The highest BCUT2D eigenvalue weighted by atomic mass is 16.5. The molecule has 1 atom stereocenters. The molecular formula is C14H16N2O. The van der Waals surface area contributed by atoms with Crippen molar-refractivity contribution >= 4 is 0 Å². The summed E-state index contributed by atoms with van der Waals surface area (Å²) in [4.78, 5) is 0. The van der Waals surface area contributed by atoms with E-state index >= 15 is 0 Å². The predicted octanol–water partition coefficient (Wildman–Crippen LogP) is 2.53. The third-order valence-electron chi connectivity index (χ3n) is 3.49. The molecule has 0 fully saturated rings. The Morgan fingerprint density at radius 3 is 2.88 bits per heavy atom. The van der Waals surface area contributed by atoms with Crippen molar-refractivity contribution in [2.24, 2.45) is 0 Å². The molecule has 0 radical (unpaired) electrons. The molecular weight excluding hydrogens is 212 g/mol. The van der Waals surface area contributed by atoms with E-state index in [4.69, 9.17) is 4.52 Å². The molecule has 1 aromatic heterocycles. The topological polar surface area (TPSA) is 38.1 Å². The fourth-order valence-electron chi connectivity index (χ4n) is 2.66. The van der Waals surface area contributed by atoms with E-state index in [9.17, 15) is 0 Å². The van der Waals surface area contributed by atoms with Crippen LogP contribution in [0.25, 0.3) is 0 Å². The summed E-state index contributed by atoms with van der Waals surface area (Å²) in [7, 11) is 0. The second-order valence-corrected chi connectivity index (χ2v) is 4.57. The Hall–Kier alpha value is -1.61. The first-order valence-corrected chi connectivity index (χ1v) is 6.01. The van der Waals surface area contributed by atoms with Gasteiger partial charge < -0.3 is 9.84 Å². The minimum Gasteiger partial charge on any atom is -0.361 e. The molecule has 1 unspecified atom stereocenters. The van der Waals surface area contributed by atoms with E-state index in [1.54, 1.807) is 0 Å². The standard InChI is InChI=1S/C14H16N2O/c1-9-13(10(2)17-16-9)14-12-6-4-3-5-11(12)7-8-15-14/h3-6,14-15H,7-8H2,1-2H3. The summed E-state index contributed by atoms with van der Waals surface area (Å²) in [5, 5.41) is 7.61. The van der Waals surface area contributed by atoms with Gasteiger partial charge in [0, 0.05) is 12.1 Å². The summed E-state index contributed by atoms with van der Waals surface area (Å²) in [6.45, 7) is 4.99. The van der Waals surface area contributed by atoms with Crippen molar-refractivity contribution < 1.29 is 4.52 Å². The average Bonchev–Trinajstić information content (AvgIpc) is 2.69. The van der Waals surface area contributed by atoms with Gasteiger partial charge >= 0.3 is 0 Å². The fourth-order valence-corrected chi connectivity index (χ4v) is 2.66. The van der Waals surface area contributed by atoms with Crippen LogP contribution in [-0.2, 0) is 6.42 Å². The van der Waals surface area contributed by atoms with Crippen molar-refractivity contribution in [3.8, 4) is 0 Å². The summed E-state index contributed by atoms with van der Waals surface area (Å²) in [6.07, 6.45) is 1.09. The molecule has 0 amide bonds. The lowest BCUT2D eigenvalue weighted by molar-refractivity contribution is 0.390. The van der Waals surface area contributed by atoms with Crippen molar-refractivity contribution in [1.82, 2.24) is 10.5 Å². The van der Waals surface area contributed by atoms with Crippen LogP contribution in [0.2, 0.25) is 0 Å². The van der Waals surface area contributed by atoms with Crippen molar-refractivity contribution in [3.05, 3.63) is 52.4 Å². The lowest BCUT2D eigenvalue weighted by Gasteiger charge is -2.26. The summed E-state index contributed by atoms with van der Waals surface area (Å²) in [5.41, 5.74) is 4.96. The van der Waals surface area contributed by atoms with Crippen LogP contribution in [0.15, 0.2) is 28.8 Å². The first kappa shape index (κ1) is 10.5. The molecule has 1 aromatic carbocycles. The average molecular weight is 228 g/mol. The molecule has 0 saturated carbocycles. The maximum atomic E-state index is 5.27. The molecule has 0 spiro atoms. The van der Waals surface area contributed by atoms with Gasteiger partial charge in [0.25, 0.3) is 0 Å². The molecule has 3 nitrogen and oxygen atoms in total. The lowest BCUT2D eigenvalue weighted by atomic mass is 9.89. The van der Waals surface area contributed by atoms with E-state index in [1.807, 2.05) is 13.8 Å². The van der Waals surface area contributed by atoms with E-state index in [0.717, 1.165) is 24.4 Å². The van der Waals surface area contributed by atoms with Gasteiger partial charge in [0.15, 0.2) is 0 Å². The number of aromatic nitrogens is 1. The van der Waals surface area contributed by atoms with E-state index < -0.39 is 0 Å². The van der Waals surface area contributed by atoms with Crippen molar-refractivity contribution in [2.45, 2.75) is 26.3 Å². The number of nitrogens with one attached hydrogen (secondary N) is 1. The largest absolute Gasteiger partial charge is 0.361 e. The Morgan fingerprint density at radius 2 is 2.12 bits per heavy atom. The smallest absolute Gasteiger partial charge is 0.139 e. The van der Waals surface area contributed by atoms with Crippen LogP contribution in [0.4, 0.5) is 0 Å². The number of hydrogen-bond acceptors (Lipinski definition) is 3. The van der Waals surface area contributed by atoms with Gasteiger partial charge in [-0.25, -0.2) is 0 Å².